The monoisotopic (exact) mass is 522 g/mol. The van der Waals surface area contributed by atoms with Gasteiger partial charge < -0.3 is 5.32 Å². The zero-order valence-corrected chi connectivity index (χ0v) is 20.4. The van der Waals surface area contributed by atoms with E-state index in [2.05, 4.69) is 10.0 Å². The fourth-order valence-electron chi connectivity index (χ4n) is 2.78. The average molecular weight is 523 g/mol. The van der Waals surface area contributed by atoms with E-state index in [0.717, 1.165) is 5.56 Å². The number of hydrogen-bond acceptors (Lipinski definition) is 5. The summed E-state index contributed by atoms with van der Waals surface area (Å²) in [6, 6.07) is 19.4. The van der Waals surface area contributed by atoms with E-state index in [1.807, 2.05) is 6.07 Å². The summed E-state index contributed by atoms with van der Waals surface area (Å²) >= 11 is 13.4. The first kappa shape index (κ1) is 25.3. The van der Waals surface area contributed by atoms with Crippen molar-refractivity contribution in [2.45, 2.75) is 10.6 Å². The number of benzene rings is 3. The first-order valence-electron chi connectivity index (χ1n) is 9.74. The smallest absolute Gasteiger partial charge is 0.240 e. The third-order valence-electron chi connectivity index (χ3n) is 4.47. The molecule has 33 heavy (non-hydrogen) atoms. The molecule has 0 spiro atoms. The van der Waals surface area contributed by atoms with E-state index in [9.17, 15) is 18.0 Å². The van der Waals surface area contributed by atoms with Crippen molar-refractivity contribution in [1.82, 2.24) is 4.72 Å². The summed E-state index contributed by atoms with van der Waals surface area (Å²) in [5.41, 5.74) is 1.77. The summed E-state index contributed by atoms with van der Waals surface area (Å²) in [4.78, 5) is 24.3. The Morgan fingerprint density at radius 3 is 2.27 bits per heavy atom. The molecule has 1 amide bonds. The van der Waals surface area contributed by atoms with Crippen LogP contribution in [0.5, 0.6) is 0 Å². The number of sulfonamides is 1. The molecule has 0 bridgehead atoms. The van der Waals surface area contributed by atoms with Crippen LogP contribution in [0.25, 0.3) is 0 Å². The van der Waals surface area contributed by atoms with Crippen molar-refractivity contribution in [2.24, 2.45) is 0 Å². The SMILES string of the molecule is O=C(CSCc1ccc(Cl)cc1Cl)Nc1ccc(S(=O)(=O)NCC(=O)c2ccccc2)cc1. The van der Waals surface area contributed by atoms with Crippen molar-refractivity contribution in [1.29, 1.82) is 0 Å². The molecule has 6 nitrogen and oxygen atoms in total. The lowest BCUT2D eigenvalue weighted by Gasteiger charge is -2.09. The molecule has 0 saturated carbocycles. The average Bonchev–Trinajstić information content (AvgIpc) is 2.80. The van der Waals surface area contributed by atoms with Gasteiger partial charge in [0.2, 0.25) is 15.9 Å². The molecule has 10 heteroatoms. The standard InChI is InChI=1S/C23H20Cl2N2O4S2/c24-18-7-6-17(21(25)12-18)14-32-15-23(29)27-19-8-10-20(11-9-19)33(30,31)26-13-22(28)16-4-2-1-3-5-16/h1-12,26H,13-15H2,(H,27,29). The Morgan fingerprint density at radius 2 is 1.61 bits per heavy atom. The van der Waals surface area contributed by atoms with E-state index in [1.165, 1.54) is 36.0 Å². The Labute approximate surface area is 206 Å². The minimum atomic E-state index is -3.87. The van der Waals surface area contributed by atoms with Gasteiger partial charge in [-0.15, -0.1) is 11.8 Å². The molecule has 0 fully saturated rings. The summed E-state index contributed by atoms with van der Waals surface area (Å²) in [7, 11) is -3.87. The molecule has 3 aromatic carbocycles. The molecule has 3 rings (SSSR count). The van der Waals surface area contributed by atoms with Crippen LogP contribution in [0.15, 0.2) is 77.7 Å². The van der Waals surface area contributed by atoms with E-state index in [0.29, 0.717) is 27.0 Å². The quantitative estimate of drug-likeness (QED) is 0.364. The van der Waals surface area contributed by atoms with Gasteiger partial charge in [0, 0.05) is 27.0 Å². The highest BCUT2D eigenvalue weighted by Gasteiger charge is 2.16. The molecule has 0 unspecified atom stereocenters. The summed E-state index contributed by atoms with van der Waals surface area (Å²) in [5.74, 6) is 0.184. The largest absolute Gasteiger partial charge is 0.325 e. The zero-order valence-electron chi connectivity index (χ0n) is 17.3. The molecule has 0 aliphatic rings. The second-order valence-electron chi connectivity index (χ2n) is 6.91. The Morgan fingerprint density at radius 1 is 0.909 bits per heavy atom. The summed E-state index contributed by atoms with van der Waals surface area (Å²) in [6.07, 6.45) is 0. The van der Waals surface area contributed by atoms with Crippen LogP contribution in [0.3, 0.4) is 0 Å². The van der Waals surface area contributed by atoms with E-state index < -0.39 is 10.0 Å². The molecule has 0 aliphatic heterocycles. The Hall–Kier alpha value is -2.36. The number of amides is 1. The van der Waals surface area contributed by atoms with Gasteiger partial charge in [-0.2, -0.15) is 0 Å². The van der Waals surface area contributed by atoms with Crippen molar-refractivity contribution in [3.63, 3.8) is 0 Å². The zero-order chi connectivity index (χ0) is 23.8. The van der Waals surface area contributed by atoms with Crippen molar-refractivity contribution in [3.8, 4) is 0 Å². The molecule has 0 heterocycles. The molecular formula is C23H20Cl2N2O4S2. The maximum Gasteiger partial charge on any atom is 0.240 e. The molecule has 3 aromatic rings. The lowest BCUT2D eigenvalue weighted by molar-refractivity contribution is -0.113. The topological polar surface area (TPSA) is 92.3 Å². The highest BCUT2D eigenvalue weighted by molar-refractivity contribution is 7.99. The Bertz CT molecular complexity index is 1240. The van der Waals surface area contributed by atoms with Crippen LogP contribution >= 0.6 is 35.0 Å². The Kier molecular flexibility index (Phi) is 8.94. The molecule has 0 aromatic heterocycles. The molecular weight excluding hydrogens is 503 g/mol. The number of carbonyl (C=O) groups is 2. The van der Waals surface area contributed by atoms with Gasteiger partial charge in [0.25, 0.3) is 0 Å². The molecule has 2 N–H and O–H groups in total. The van der Waals surface area contributed by atoms with Crippen LogP contribution < -0.4 is 10.0 Å². The van der Waals surface area contributed by atoms with Gasteiger partial charge >= 0.3 is 0 Å². The number of halogens is 2. The predicted molar refractivity (Wildman–Crippen MR) is 134 cm³/mol. The van der Waals surface area contributed by atoms with Gasteiger partial charge in [-0.3, -0.25) is 9.59 Å². The highest BCUT2D eigenvalue weighted by atomic mass is 35.5. The van der Waals surface area contributed by atoms with Gasteiger partial charge in [-0.25, -0.2) is 13.1 Å². The van der Waals surface area contributed by atoms with Crippen LogP contribution in [0.2, 0.25) is 10.0 Å². The molecule has 172 valence electrons. The van der Waals surface area contributed by atoms with Crippen LogP contribution in [0, 0.1) is 0 Å². The van der Waals surface area contributed by atoms with Crippen LogP contribution in [0.1, 0.15) is 15.9 Å². The van der Waals surface area contributed by atoms with Gasteiger partial charge in [-0.05, 0) is 42.0 Å². The number of carbonyl (C=O) groups excluding carboxylic acids is 2. The van der Waals surface area contributed by atoms with Crippen LogP contribution in [0.4, 0.5) is 5.69 Å². The summed E-state index contributed by atoms with van der Waals surface area (Å²) in [5, 5.41) is 3.82. The number of Topliss-reactive ketones (excluding diaryl/α,β-unsaturated/α-hetero) is 1. The van der Waals surface area contributed by atoms with Crippen molar-refractivity contribution in [3.05, 3.63) is 94.0 Å². The van der Waals surface area contributed by atoms with E-state index in [4.69, 9.17) is 23.2 Å². The fourth-order valence-corrected chi connectivity index (χ4v) is 5.14. The molecule has 0 radical (unpaired) electrons. The van der Waals surface area contributed by atoms with Crippen molar-refractivity contribution in [2.75, 3.05) is 17.6 Å². The van der Waals surface area contributed by atoms with Gasteiger partial charge in [0.1, 0.15) is 0 Å². The number of rotatable bonds is 10. The van der Waals surface area contributed by atoms with Gasteiger partial charge in [-0.1, -0.05) is 59.6 Å². The van der Waals surface area contributed by atoms with Crippen LogP contribution in [-0.2, 0) is 20.6 Å². The number of thioether (sulfide) groups is 1. The number of ketones is 1. The van der Waals surface area contributed by atoms with Gasteiger partial charge in [0.15, 0.2) is 5.78 Å². The second-order valence-corrected chi connectivity index (χ2v) is 10.5. The fraction of sp³-hybridized carbons (Fsp3) is 0.130. The van der Waals surface area contributed by atoms with E-state index >= 15 is 0 Å². The number of hydrogen-bond donors (Lipinski definition) is 2. The molecule has 0 aliphatic carbocycles. The van der Waals surface area contributed by atoms with Crippen LogP contribution in [-0.4, -0.2) is 32.4 Å². The maximum absolute atomic E-state index is 12.5. The lowest BCUT2D eigenvalue weighted by Crippen LogP contribution is -2.29. The minimum absolute atomic E-state index is 0.00637. The third-order valence-corrected chi connectivity index (χ3v) is 7.46. The predicted octanol–water partition coefficient (Wildman–Crippen LogP) is 5.03. The number of nitrogens with one attached hydrogen (secondary N) is 2. The van der Waals surface area contributed by atoms with Crippen molar-refractivity contribution >= 4 is 62.4 Å². The Balaban J connectivity index is 1.49. The molecule has 0 saturated heterocycles. The van der Waals surface area contributed by atoms with E-state index in [-0.39, 0.29) is 28.9 Å². The number of anilines is 1. The second kappa shape index (κ2) is 11.7. The normalized spacial score (nSPS) is 11.2. The molecule has 0 atom stereocenters. The van der Waals surface area contributed by atoms with E-state index in [1.54, 1.807) is 42.5 Å². The summed E-state index contributed by atoms with van der Waals surface area (Å²) < 4.78 is 27.2. The third kappa shape index (κ3) is 7.58. The lowest BCUT2D eigenvalue weighted by atomic mass is 10.1. The highest BCUT2D eigenvalue weighted by Crippen LogP contribution is 2.25. The maximum atomic E-state index is 12.5. The first-order chi connectivity index (χ1) is 15.7. The van der Waals surface area contributed by atoms with Crippen molar-refractivity contribution < 1.29 is 18.0 Å². The summed E-state index contributed by atoms with van der Waals surface area (Å²) in [6.45, 7) is -0.348. The first-order valence-corrected chi connectivity index (χ1v) is 13.1. The minimum Gasteiger partial charge on any atom is -0.325 e. The van der Waals surface area contributed by atoms with Gasteiger partial charge in [0.05, 0.1) is 17.2 Å².